The van der Waals surface area contributed by atoms with E-state index in [1.165, 1.54) is 0 Å². The number of para-hydroxylation sites is 1. The van der Waals surface area contributed by atoms with Crippen LogP contribution in [0.15, 0.2) is 40.9 Å². The lowest BCUT2D eigenvalue weighted by Gasteiger charge is -2.31. The number of aryl methyl sites for hydroxylation is 1. The summed E-state index contributed by atoms with van der Waals surface area (Å²) in [5.41, 5.74) is 1.51. The van der Waals surface area contributed by atoms with Crippen LogP contribution in [0.4, 0.5) is 11.6 Å². The molecule has 1 aliphatic rings. The molecule has 1 fully saturated rings. The number of anilines is 2. The van der Waals surface area contributed by atoms with Crippen molar-refractivity contribution < 1.29 is 14.1 Å². The van der Waals surface area contributed by atoms with Gasteiger partial charge in [0.2, 0.25) is 17.7 Å². The van der Waals surface area contributed by atoms with Crippen molar-refractivity contribution in [3.8, 4) is 0 Å². The Morgan fingerprint density at radius 1 is 1.28 bits per heavy atom. The van der Waals surface area contributed by atoms with Crippen LogP contribution < -0.4 is 10.6 Å². The number of rotatable bonds is 5. The molecule has 2 N–H and O–H groups in total. The van der Waals surface area contributed by atoms with E-state index in [1.807, 2.05) is 35.2 Å². The quantitative estimate of drug-likeness (QED) is 0.870. The zero-order valence-corrected chi connectivity index (χ0v) is 14.2. The summed E-state index contributed by atoms with van der Waals surface area (Å²) in [6, 6.07) is 11.1. The van der Waals surface area contributed by atoms with Gasteiger partial charge < -0.3 is 9.84 Å². The van der Waals surface area contributed by atoms with Gasteiger partial charge >= 0.3 is 0 Å². The van der Waals surface area contributed by atoms with Crippen LogP contribution in [0.25, 0.3) is 0 Å². The minimum atomic E-state index is -0.166. The number of carbonyl (C=O) groups is 2. The predicted molar refractivity (Wildman–Crippen MR) is 94.1 cm³/mol. The summed E-state index contributed by atoms with van der Waals surface area (Å²) in [6.07, 6.45) is 1.72. The highest BCUT2D eigenvalue weighted by molar-refractivity contribution is 5.93. The van der Waals surface area contributed by atoms with Gasteiger partial charge in [-0.05, 0) is 38.4 Å². The third kappa shape index (κ3) is 4.90. The number of carbonyl (C=O) groups excluding carboxylic acids is 2. The van der Waals surface area contributed by atoms with Crippen LogP contribution in [0, 0.1) is 12.8 Å². The van der Waals surface area contributed by atoms with Gasteiger partial charge in [-0.2, -0.15) is 0 Å². The predicted octanol–water partition coefficient (Wildman–Crippen LogP) is 2.27. The van der Waals surface area contributed by atoms with Crippen LogP contribution in [-0.4, -0.2) is 41.5 Å². The first kappa shape index (κ1) is 17.2. The molecule has 2 aromatic rings. The van der Waals surface area contributed by atoms with Crippen LogP contribution in [-0.2, 0) is 9.59 Å². The Kier molecular flexibility index (Phi) is 5.45. The summed E-state index contributed by atoms with van der Waals surface area (Å²) in [4.78, 5) is 26.5. The lowest BCUT2D eigenvalue weighted by atomic mass is 9.97. The molecule has 0 aliphatic carbocycles. The van der Waals surface area contributed by atoms with E-state index in [1.54, 1.807) is 13.0 Å². The molecule has 1 aromatic heterocycles. The van der Waals surface area contributed by atoms with Gasteiger partial charge in [-0.1, -0.05) is 23.4 Å². The summed E-state index contributed by atoms with van der Waals surface area (Å²) in [7, 11) is 0. The molecule has 1 saturated heterocycles. The van der Waals surface area contributed by atoms with Gasteiger partial charge in [0.25, 0.3) is 0 Å². The van der Waals surface area contributed by atoms with E-state index in [2.05, 4.69) is 15.8 Å². The Morgan fingerprint density at radius 2 is 2.08 bits per heavy atom. The van der Waals surface area contributed by atoms with Gasteiger partial charge in [-0.3, -0.25) is 19.8 Å². The summed E-state index contributed by atoms with van der Waals surface area (Å²) in [5, 5.41) is 9.36. The van der Waals surface area contributed by atoms with Crippen LogP contribution in [0.3, 0.4) is 0 Å². The van der Waals surface area contributed by atoms with Gasteiger partial charge in [0.15, 0.2) is 0 Å². The number of likely N-dealkylation sites (tertiary alicyclic amines) is 1. The summed E-state index contributed by atoms with van der Waals surface area (Å²) < 4.78 is 4.99. The topological polar surface area (TPSA) is 87.5 Å². The SMILES string of the molecule is Cc1cc(NC(=O)CN2CCCC(C(=O)Nc3ccccc3)C2)on1. The van der Waals surface area contributed by atoms with Crippen LogP contribution in [0.2, 0.25) is 0 Å². The van der Waals surface area contributed by atoms with Crippen LogP contribution >= 0.6 is 0 Å². The molecule has 1 atom stereocenters. The molecule has 7 nitrogen and oxygen atoms in total. The van der Waals surface area contributed by atoms with Crippen LogP contribution in [0.1, 0.15) is 18.5 Å². The Bertz CT molecular complexity index is 729. The fourth-order valence-electron chi connectivity index (χ4n) is 2.98. The molecule has 0 saturated carbocycles. The lowest BCUT2D eigenvalue weighted by molar-refractivity contribution is -0.123. The molecule has 1 unspecified atom stereocenters. The fourth-order valence-corrected chi connectivity index (χ4v) is 2.98. The molecule has 2 amide bonds. The van der Waals surface area contributed by atoms with E-state index < -0.39 is 0 Å². The molecule has 0 spiro atoms. The maximum absolute atomic E-state index is 12.4. The number of aromatic nitrogens is 1. The number of benzene rings is 1. The maximum atomic E-state index is 12.4. The first-order chi connectivity index (χ1) is 12.1. The van der Waals surface area contributed by atoms with Gasteiger partial charge in [-0.25, -0.2) is 0 Å². The van der Waals surface area contributed by atoms with E-state index in [9.17, 15) is 9.59 Å². The largest absolute Gasteiger partial charge is 0.338 e. The Hall–Kier alpha value is -2.67. The van der Waals surface area contributed by atoms with E-state index in [-0.39, 0.29) is 24.3 Å². The average molecular weight is 342 g/mol. The van der Waals surface area contributed by atoms with Crippen LogP contribution in [0.5, 0.6) is 0 Å². The summed E-state index contributed by atoms with van der Waals surface area (Å²) in [5.74, 6) is 0.0644. The highest BCUT2D eigenvalue weighted by Gasteiger charge is 2.27. The third-order valence-corrected chi connectivity index (χ3v) is 4.18. The molecule has 132 valence electrons. The second kappa shape index (κ2) is 7.94. The maximum Gasteiger partial charge on any atom is 0.240 e. The van der Waals surface area contributed by atoms with E-state index in [4.69, 9.17) is 4.52 Å². The van der Waals surface area contributed by atoms with Gasteiger partial charge in [0.05, 0.1) is 18.2 Å². The highest BCUT2D eigenvalue weighted by Crippen LogP contribution is 2.19. The number of nitrogens with one attached hydrogen (secondary N) is 2. The van der Waals surface area contributed by atoms with E-state index in [0.29, 0.717) is 18.1 Å². The molecule has 0 radical (unpaired) electrons. The smallest absolute Gasteiger partial charge is 0.240 e. The molecular weight excluding hydrogens is 320 g/mol. The van der Waals surface area contributed by atoms with Gasteiger partial charge in [0, 0.05) is 18.3 Å². The first-order valence-electron chi connectivity index (χ1n) is 8.41. The molecule has 25 heavy (non-hydrogen) atoms. The van der Waals surface area contributed by atoms with Crippen molar-refractivity contribution >= 4 is 23.4 Å². The average Bonchev–Trinajstić information content (AvgIpc) is 3.00. The van der Waals surface area contributed by atoms with Crippen molar-refractivity contribution in [2.24, 2.45) is 5.92 Å². The summed E-state index contributed by atoms with van der Waals surface area (Å²) in [6.45, 7) is 3.40. The van der Waals surface area contributed by atoms with Gasteiger partial charge in [-0.15, -0.1) is 0 Å². The second-order valence-corrected chi connectivity index (χ2v) is 6.31. The van der Waals surface area contributed by atoms with Crippen molar-refractivity contribution in [2.45, 2.75) is 19.8 Å². The number of hydrogen-bond donors (Lipinski definition) is 2. The molecular formula is C18H22N4O3. The standard InChI is InChI=1S/C18H22N4O3/c1-13-10-17(25-21-13)20-16(23)12-22-9-5-6-14(11-22)18(24)19-15-7-3-2-4-8-15/h2-4,7-8,10,14H,5-6,9,11-12H2,1H3,(H,19,24)(H,20,23). The number of hydrogen-bond acceptors (Lipinski definition) is 5. The Labute approximate surface area is 146 Å². The molecule has 1 aliphatic heterocycles. The number of piperidine rings is 1. The zero-order chi connectivity index (χ0) is 17.6. The molecule has 3 rings (SSSR count). The van der Waals surface area contributed by atoms with Crippen molar-refractivity contribution in [2.75, 3.05) is 30.3 Å². The zero-order valence-electron chi connectivity index (χ0n) is 14.2. The fraction of sp³-hybridized carbons (Fsp3) is 0.389. The van der Waals surface area contributed by atoms with Crippen molar-refractivity contribution in [1.29, 1.82) is 0 Å². The van der Waals surface area contributed by atoms with Crippen molar-refractivity contribution in [3.05, 3.63) is 42.1 Å². The normalized spacial score (nSPS) is 17.9. The minimum Gasteiger partial charge on any atom is -0.338 e. The number of nitrogens with zero attached hydrogens (tertiary/aromatic N) is 2. The van der Waals surface area contributed by atoms with Crippen molar-refractivity contribution in [3.63, 3.8) is 0 Å². The molecule has 7 heteroatoms. The summed E-state index contributed by atoms with van der Waals surface area (Å²) >= 11 is 0. The third-order valence-electron chi connectivity index (χ3n) is 4.18. The minimum absolute atomic E-state index is 0.00201. The second-order valence-electron chi connectivity index (χ2n) is 6.31. The number of amides is 2. The van der Waals surface area contributed by atoms with Crippen molar-refractivity contribution in [1.82, 2.24) is 10.1 Å². The molecule has 0 bridgehead atoms. The van der Waals surface area contributed by atoms with Gasteiger partial charge in [0.1, 0.15) is 0 Å². The Morgan fingerprint density at radius 3 is 2.80 bits per heavy atom. The first-order valence-corrected chi connectivity index (χ1v) is 8.41. The highest BCUT2D eigenvalue weighted by atomic mass is 16.5. The Balaban J connectivity index is 1.50. The molecule has 1 aromatic carbocycles. The van der Waals surface area contributed by atoms with E-state index in [0.717, 1.165) is 25.1 Å². The lowest BCUT2D eigenvalue weighted by Crippen LogP contribution is -2.43. The van der Waals surface area contributed by atoms with E-state index >= 15 is 0 Å². The monoisotopic (exact) mass is 342 g/mol. The molecule has 2 heterocycles.